The second-order valence-electron chi connectivity index (χ2n) is 1.85. The second kappa shape index (κ2) is 0.654. The molecule has 0 aromatic carbocycles. The predicted molar refractivity (Wildman–Crippen MR) is 24.0 cm³/mol. The molecular weight excluding hydrogens is 314 g/mol. The zero-order valence-electron chi connectivity index (χ0n) is 3.86. The molecule has 0 rings (SSSR count). The fourth-order valence-electron chi connectivity index (χ4n) is 0. The molecule has 0 aromatic heterocycles. The van der Waals surface area contributed by atoms with Gasteiger partial charge in [-0.3, -0.25) is 0 Å². The van der Waals surface area contributed by atoms with Gasteiger partial charge < -0.3 is 0 Å². The van der Waals surface area contributed by atoms with E-state index in [9.17, 15) is 7.08 Å². The van der Waals surface area contributed by atoms with Crippen LogP contribution in [0.2, 0.25) is 0 Å². The Hall–Kier alpha value is 0.366. The molecule has 0 fully saturated rings. The molecule has 0 saturated heterocycles. The van der Waals surface area contributed by atoms with Gasteiger partial charge in [0.25, 0.3) is 0 Å². The first-order chi connectivity index (χ1) is 2.65. The molecule has 0 bridgehead atoms. The van der Waals surface area contributed by atoms with Crippen molar-refractivity contribution in [2.45, 2.75) is 0 Å². The van der Waals surface area contributed by atoms with Crippen LogP contribution < -0.4 is 17.8 Å². The normalized spacial score (nSPS) is 26.9. The van der Waals surface area contributed by atoms with E-state index in [2.05, 4.69) is 27.4 Å². The van der Waals surface area contributed by atoms with Gasteiger partial charge >= 0.3 is 45.8 Å². The Bertz CT molecular complexity index is 257. The fraction of sp³-hybridized carbons (Fsp3) is 0. The second-order valence-corrected chi connectivity index (χ2v) is 22.0. The molecule has 6 nitrogen and oxygen atoms in total. The monoisotopic (exact) mass is 323 g/mol. The summed E-state index contributed by atoms with van der Waals surface area (Å²) in [6.45, 7) is 0. The molecule has 55 valence electrons. The predicted octanol–water partition coefficient (Wildman–Crippen LogP) is -1.91. The number of hydrogen-bond donors (Lipinski definition) is 4. The van der Waals surface area contributed by atoms with E-state index in [1.165, 1.54) is 0 Å². The Balaban J connectivity index is 6.03. The summed E-state index contributed by atoms with van der Waals surface area (Å²) >= 11 is -7.79. The average Bonchev–Trinajstić information content (AvgIpc) is 0.544. The Morgan fingerprint density at radius 2 is 1.00 bits per heavy atom. The first-order valence-corrected chi connectivity index (χ1v) is 12.3. The van der Waals surface area contributed by atoms with Crippen LogP contribution in [0.1, 0.15) is 0 Å². The van der Waals surface area contributed by atoms with Gasteiger partial charge in [-0.25, -0.2) is 0 Å². The number of rotatable bonds is 0. The third-order valence-corrected chi connectivity index (χ3v) is 0. The van der Waals surface area contributed by atoms with E-state index in [0.717, 1.165) is 0 Å². The van der Waals surface area contributed by atoms with E-state index in [1.54, 1.807) is 0 Å². The van der Waals surface area contributed by atoms with E-state index in [0.29, 0.717) is 0 Å². The van der Waals surface area contributed by atoms with Crippen molar-refractivity contribution in [3.63, 3.8) is 0 Å². The molecule has 0 atom stereocenters. The number of halogens is 1. The summed E-state index contributed by atoms with van der Waals surface area (Å²) in [4.78, 5) is 0. The van der Waals surface area contributed by atoms with Crippen molar-refractivity contribution < 1.29 is 18.4 Å². The number of nitrogens with two attached hydrogens (primary N) is 4. The first kappa shape index (κ1) is 8.37. The van der Waals surface area contributed by atoms with Crippen molar-refractivity contribution in [3.8, 4) is 0 Å². The van der Waals surface area contributed by atoms with Crippen LogP contribution in [-0.4, -0.2) is 0 Å². The van der Waals surface area contributed by atoms with Crippen molar-refractivity contribution in [1.29, 1.82) is 0 Å². The summed E-state index contributed by atoms with van der Waals surface area (Å²) in [6, 6.07) is 0. The van der Waals surface area contributed by atoms with Gasteiger partial charge in [-0.1, -0.05) is 0 Å². The summed E-state index contributed by atoms with van der Waals surface area (Å²) in [5.41, 5.74) is 0. The third kappa shape index (κ3) is 1370. The Morgan fingerprint density at radius 3 is 1.00 bits per heavy atom. The van der Waals surface area contributed by atoms with E-state index >= 15 is 0 Å². The van der Waals surface area contributed by atoms with Crippen molar-refractivity contribution in [1.82, 2.24) is 0 Å². The van der Waals surface area contributed by atoms with Crippen LogP contribution >= 0.6 is 9.64 Å². The van der Waals surface area contributed by atoms with Gasteiger partial charge in [-0.05, 0) is 0 Å². The standard InChI is InChI=1S/ClH.4H2N.2O.Os/h1H;4*1H2;;;/q;4*-1;;;+5/p-1. The Kier molecular flexibility index (Phi) is 0.684. The maximum absolute atomic E-state index is 10.3. The van der Waals surface area contributed by atoms with Gasteiger partial charge in [0.2, 0.25) is 0 Å². The van der Waals surface area contributed by atoms with Crippen LogP contribution in [0.15, 0.2) is 0 Å². The summed E-state index contributed by atoms with van der Waals surface area (Å²) in [7, 11) is 4.48. The van der Waals surface area contributed by atoms with Crippen LogP contribution in [0, 0.1) is 0 Å². The number of hydrogen-bond acceptors (Lipinski definition) is 2. The van der Waals surface area contributed by atoms with Gasteiger partial charge in [0.15, 0.2) is 0 Å². The molecule has 0 spiro atoms. The molecule has 0 unspecified atom stereocenters. The molecule has 0 aromatic rings. The quantitative estimate of drug-likeness (QED) is 0.410. The van der Waals surface area contributed by atoms with Gasteiger partial charge in [-0.2, -0.15) is 0 Å². The molecule has 8 N–H and O–H groups in total. The van der Waals surface area contributed by atoms with Crippen LogP contribution in [0.5, 0.6) is 0 Å². The van der Waals surface area contributed by atoms with Crippen molar-refractivity contribution >= 4 is 9.64 Å². The van der Waals surface area contributed by atoms with Gasteiger partial charge in [0.05, 0.1) is 0 Å². The van der Waals surface area contributed by atoms with Crippen LogP contribution in [0.25, 0.3) is 0 Å². The molecule has 0 aliphatic heterocycles. The molecule has 8 heavy (non-hydrogen) atoms. The van der Waals surface area contributed by atoms with Crippen LogP contribution in [0.4, 0.5) is 0 Å². The molecule has 0 saturated carbocycles. The molecule has 0 aliphatic rings. The summed E-state index contributed by atoms with van der Waals surface area (Å²) in [5, 5.41) is 0. The van der Waals surface area contributed by atoms with E-state index in [1.807, 2.05) is 0 Å². The molecule has 0 heterocycles. The van der Waals surface area contributed by atoms with Crippen LogP contribution in [0.3, 0.4) is 0 Å². The van der Waals surface area contributed by atoms with E-state index < -0.39 is 11.3 Å². The molecule has 0 radical (unpaired) electrons. The van der Waals surface area contributed by atoms with Crippen molar-refractivity contribution in [2.24, 2.45) is 17.8 Å². The van der Waals surface area contributed by atoms with E-state index in [4.69, 9.17) is 0 Å². The topological polar surface area (TPSA) is 138 Å². The minimum absolute atomic E-state index is 4.25. The van der Waals surface area contributed by atoms with E-state index in [-0.39, 0.29) is 0 Å². The van der Waals surface area contributed by atoms with Crippen molar-refractivity contribution in [2.75, 3.05) is 0 Å². The summed E-state index contributed by atoms with van der Waals surface area (Å²) in [6.07, 6.45) is 0. The molecule has 0 aliphatic carbocycles. The van der Waals surface area contributed by atoms with Gasteiger partial charge in [-0.15, -0.1) is 0 Å². The Morgan fingerprint density at radius 1 is 1.00 bits per heavy atom. The molecular formula is H8ClN4O2Os. The molecule has 8 heteroatoms. The zero-order valence-corrected chi connectivity index (χ0v) is 7.15. The average molecular weight is 322 g/mol. The van der Waals surface area contributed by atoms with Gasteiger partial charge in [0, 0.05) is 0 Å². The fourth-order valence-corrected chi connectivity index (χ4v) is 0. The zero-order chi connectivity index (χ0) is 7.38. The Labute approximate surface area is 46.3 Å². The van der Waals surface area contributed by atoms with Crippen LogP contribution in [-0.2, 0) is 18.4 Å². The summed E-state index contributed by atoms with van der Waals surface area (Å²) in [5.74, 6) is 0. The van der Waals surface area contributed by atoms with Crippen molar-refractivity contribution in [3.05, 3.63) is 0 Å². The van der Waals surface area contributed by atoms with Gasteiger partial charge in [0.1, 0.15) is 0 Å². The minimum atomic E-state index is -7.79. The maximum atomic E-state index is 10.3. The summed E-state index contributed by atoms with van der Waals surface area (Å²) < 4.78 is 37.7. The third-order valence-electron chi connectivity index (χ3n) is 0. The SMILES string of the molecule is [NH2][Os]([NH2])([NH2])([NH2])(=[O])(=[O])[Cl]. The molecule has 0 amide bonds. The first-order valence-electron chi connectivity index (χ1n) is 1.24.